The van der Waals surface area contributed by atoms with Gasteiger partial charge in [-0.3, -0.25) is 9.59 Å². The molecule has 3 aromatic carbocycles. The number of hydrogen-bond acceptors (Lipinski definition) is 6. The molecule has 0 spiro atoms. The van der Waals surface area contributed by atoms with E-state index >= 15 is 0 Å². The van der Waals surface area contributed by atoms with Crippen molar-refractivity contribution in [3.05, 3.63) is 95.6 Å². The normalized spacial score (nSPS) is 10.4. The van der Waals surface area contributed by atoms with Gasteiger partial charge in [-0.15, -0.1) is 0 Å². The Bertz CT molecular complexity index is 985. The number of carbonyl (C=O) groups is 2. The first-order valence-corrected chi connectivity index (χ1v) is 9.83. The molecule has 0 saturated heterocycles. The molecule has 160 valence electrons. The van der Waals surface area contributed by atoms with Crippen LogP contribution in [0.3, 0.4) is 0 Å². The monoisotopic (exact) mass is 420 g/mol. The molecule has 0 aliphatic rings. The zero-order valence-electron chi connectivity index (χ0n) is 17.4. The lowest BCUT2D eigenvalue weighted by Gasteiger charge is -2.19. The van der Waals surface area contributed by atoms with E-state index in [2.05, 4.69) is 0 Å². The molecule has 0 unspecified atom stereocenters. The lowest BCUT2D eigenvalue weighted by molar-refractivity contribution is -0.186. The molecule has 31 heavy (non-hydrogen) atoms. The second-order valence-corrected chi connectivity index (χ2v) is 6.81. The summed E-state index contributed by atoms with van der Waals surface area (Å²) >= 11 is 0. The first-order chi connectivity index (χ1) is 15.0. The van der Waals surface area contributed by atoms with Crippen LogP contribution < -0.4 is 9.47 Å². The molecular formula is C25H24O6. The van der Waals surface area contributed by atoms with E-state index in [0.717, 1.165) is 11.1 Å². The van der Waals surface area contributed by atoms with Gasteiger partial charge < -0.3 is 18.9 Å². The lowest BCUT2D eigenvalue weighted by atomic mass is 10.2. The molecule has 0 aliphatic carbocycles. The second kappa shape index (κ2) is 10.8. The molecule has 3 aromatic rings. The van der Waals surface area contributed by atoms with Crippen molar-refractivity contribution in [2.24, 2.45) is 0 Å². The van der Waals surface area contributed by atoms with Gasteiger partial charge in [0.2, 0.25) is 0 Å². The van der Waals surface area contributed by atoms with Crippen LogP contribution >= 0.6 is 0 Å². The fourth-order valence-electron chi connectivity index (χ4n) is 2.84. The summed E-state index contributed by atoms with van der Waals surface area (Å²) in [4.78, 5) is 22.9. The zero-order chi connectivity index (χ0) is 22.1. The van der Waals surface area contributed by atoms with E-state index in [0.29, 0.717) is 30.3 Å². The minimum atomic E-state index is -1.17. The average Bonchev–Trinajstić information content (AvgIpc) is 2.77. The summed E-state index contributed by atoms with van der Waals surface area (Å²) in [6.45, 7) is 3.18. The number of benzene rings is 3. The van der Waals surface area contributed by atoms with Crippen molar-refractivity contribution in [2.75, 3.05) is 0 Å². The minimum Gasteiger partial charge on any atom is -0.485 e. The van der Waals surface area contributed by atoms with Gasteiger partial charge in [0, 0.05) is 19.4 Å². The third-order valence-electron chi connectivity index (χ3n) is 4.26. The summed E-state index contributed by atoms with van der Waals surface area (Å²) in [6.07, 6.45) is -1.17. The summed E-state index contributed by atoms with van der Waals surface area (Å²) in [7, 11) is 0. The highest BCUT2D eigenvalue weighted by Crippen LogP contribution is 2.33. The third-order valence-corrected chi connectivity index (χ3v) is 4.26. The second-order valence-electron chi connectivity index (χ2n) is 6.81. The summed E-state index contributed by atoms with van der Waals surface area (Å²) in [5.74, 6) is -0.167. The topological polar surface area (TPSA) is 71.1 Å². The molecule has 0 aliphatic heterocycles. The van der Waals surface area contributed by atoms with Crippen molar-refractivity contribution in [3.8, 4) is 11.5 Å². The van der Waals surface area contributed by atoms with Gasteiger partial charge >= 0.3 is 11.9 Å². The highest BCUT2D eigenvalue weighted by Gasteiger charge is 2.20. The van der Waals surface area contributed by atoms with Gasteiger partial charge in [-0.05, 0) is 29.3 Å². The minimum absolute atomic E-state index is 0.317. The Hall–Kier alpha value is -3.80. The molecule has 3 rings (SSSR count). The van der Waals surface area contributed by atoms with Crippen LogP contribution in [-0.4, -0.2) is 11.9 Å². The van der Waals surface area contributed by atoms with E-state index in [1.54, 1.807) is 18.2 Å². The van der Waals surface area contributed by atoms with E-state index in [1.807, 2.05) is 60.7 Å². The van der Waals surface area contributed by atoms with Crippen LogP contribution in [0.1, 0.15) is 36.8 Å². The van der Waals surface area contributed by atoms with E-state index in [1.165, 1.54) is 13.8 Å². The Morgan fingerprint density at radius 1 is 0.677 bits per heavy atom. The molecule has 0 amide bonds. The van der Waals surface area contributed by atoms with Crippen LogP contribution in [0.4, 0.5) is 0 Å². The molecule has 0 bridgehead atoms. The number of rotatable bonds is 9. The Balaban J connectivity index is 1.85. The van der Waals surface area contributed by atoms with Crippen molar-refractivity contribution < 1.29 is 28.5 Å². The molecule has 0 N–H and O–H groups in total. The number of carbonyl (C=O) groups excluding carboxylic acids is 2. The van der Waals surface area contributed by atoms with E-state index < -0.39 is 18.2 Å². The van der Waals surface area contributed by atoms with Gasteiger partial charge in [-0.1, -0.05) is 60.7 Å². The molecule has 0 atom stereocenters. The molecule has 6 nitrogen and oxygen atoms in total. The maximum absolute atomic E-state index is 11.5. The van der Waals surface area contributed by atoms with Gasteiger partial charge in [0.1, 0.15) is 13.2 Å². The summed E-state index contributed by atoms with van der Waals surface area (Å²) < 4.78 is 22.3. The smallest absolute Gasteiger partial charge is 0.305 e. The zero-order valence-corrected chi connectivity index (χ0v) is 17.4. The van der Waals surface area contributed by atoms with Crippen LogP contribution in [0.15, 0.2) is 78.9 Å². The van der Waals surface area contributed by atoms with E-state index in [9.17, 15) is 9.59 Å². The van der Waals surface area contributed by atoms with Crippen LogP contribution in [-0.2, 0) is 32.3 Å². The fourth-order valence-corrected chi connectivity index (χ4v) is 2.84. The van der Waals surface area contributed by atoms with Gasteiger partial charge in [-0.25, -0.2) is 0 Å². The Morgan fingerprint density at radius 2 is 1.16 bits per heavy atom. The van der Waals surface area contributed by atoms with Gasteiger partial charge in [0.05, 0.1) is 0 Å². The molecule has 0 fully saturated rings. The Labute approximate surface area is 181 Å². The largest absolute Gasteiger partial charge is 0.485 e. The summed E-state index contributed by atoms with van der Waals surface area (Å²) in [5.41, 5.74) is 2.46. The van der Waals surface area contributed by atoms with Crippen molar-refractivity contribution >= 4 is 11.9 Å². The first-order valence-electron chi connectivity index (χ1n) is 9.83. The Kier molecular flexibility index (Phi) is 7.65. The predicted octanol–water partition coefficient (Wildman–Crippen LogP) is 4.97. The van der Waals surface area contributed by atoms with Gasteiger partial charge in [-0.2, -0.15) is 0 Å². The SMILES string of the molecule is CC(=O)OC(OC(C)=O)c1ccc(OCc2ccccc2)c(OCc2ccccc2)c1. The predicted molar refractivity (Wildman–Crippen MR) is 114 cm³/mol. The lowest BCUT2D eigenvalue weighted by Crippen LogP contribution is -2.15. The third kappa shape index (κ3) is 6.89. The van der Waals surface area contributed by atoms with Gasteiger partial charge in [0.25, 0.3) is 6.29 Å². The molecule has 0 aromatic heterocycles. The standard InChI is InChI=1S/C25H24O6/c1-18(26)30-25(31-19(2)27)22-13-14-23(28-16-20-9-5-3-6-10-20)24(15-22)29-17-21-11-7-4-8-12-21/h3-15,25H,16-17H2,1-2H3. The summed E-state index contributed by atoms with van der Waals surface area (Å²) in [5, 5.41) is 0. The Morgan fingerprint density at radius 3 is 1.65 bits per heavy atom. The van der Waals surface area contributed by atoms with Crippen molar-refractivity contribution in [1.82, 2.24) is 0 Å². The average molecular weight is 420 g/mol. The molecule has 0 radical (unpaired) electrons. The summed E-state index contributed by atoms with van der Waals surface area (Å²) in [6, 6.07) is 24.5. The fraction of sp³-hybridized carbons (Fsp3) is 0.200. The van der Waals surface area contributed by atoms with Crippen molar-refractivity contribution in [2.45, 2.75) is 33.4 Å². The van der Waals surface area contributed by atoms with Crippen LogP contribution in [0.2, 0.25) is 0 Å². The molecule has 0 saturated carbocycles. The maximum Gasteiger partial charge on any atom is 0.305 e. The molecule has 0 heterocycles. The first kappa shape index (κ1) is 21.9. The quantitative estimate of drug-likeness (QED) is 0.360. The van der Waals surface area contributed by atoms with Crippen LogP contribution in [0.5, 0.6) is 11.5 Å². The van der Waals surface area contributed by atoms with Crippen molar-refractivity contribution in [3.63, 3.8) is 0 Å². The van der Waals surface area contributed by atoms with E-state index in [4.69, 9.17) is 18.9 Å². The molecule has 6 heteroatoms. The number of esters is 2. The molecular weight excluding hydrogens is 396 g/mol. The van der Waals surface area contributed by atoms with Gasteiger partial charge in [0.15, 0.2) is 11.5 Å². The maximum atomic E-state index is 11.5. The highest BCUT2D eigenvalue weighted by molar-refractivity contribution is 5.68. The number of hydrogen-bond donors (Lipinski definition) is 0. The van der Waals surface area contributed by atoms with E-state index in [-0.39, 0.29) is 0 Å². The van der Waals surface area contributed by atoms with Crippen LogP contribution in [0.25, 0.3) is 0 Å². The highest BCUT2D eigenvalue weighted by atomic mass is 16.7. The van der Waals surface area contributed by atoms with Crippen molar-refractivity contribution in [1.29, 1.82) is 0 Å². The van der Waals surface area contributed by atoms with Crippen LogP contribution in [0, 0.1) is 0 Å². The number of ether oxygens (including phenoxy) is 4.